The molecule has 0 saturated carbocycles. The van der Waals surface area contributed by atoms with Crippen LogP contribution in [0.3, 0.4) is 0 Å². The van der Waals surface area contributed by atoms with E-state index in [1.807, 2.05) is 28.8 Å². The molecule has 1 aromatic carbocycles. The number of nitrogens with zero attached hydrogens (tertiary/aromatic N) is 4. The predicted molar refractivity (Wildman–Crippen MR) is 98.0 cm³/mol. The first-order chi connectivity index (χ1) is 13.4. The standard InChI is InChI=1S/C19H18F3N5O/c20-19(21,22)14-4-6-15(7-5-14)23-17(28)13-8-11-26(12-9-13)18-25-24-16-3-1-2-10-27(16)18/h1-7,10,13H,8-9,11-12H2,(H,23,28). The fourth-order valence-corrected chi connectivity index (χ4v) is 3.37. The molecule has 6 nitrogen and oxygen atoms in total. The number of carbonyl (C=O) groups is 1. The van der Waals surface area contributed by atoms with Crippen LogP contribution >= 0.6 is 0 Å². The Kier molecular flexibility index (Phi) is 4.66. The van der Waals surface area contributed by atoms with Crippen molar-refractivity contribution in [2.24, 2.45) is 5.92 Å². The van der Waals surface area contributed by atoms with Gasteiger partial charge in [-0.05, 0) is 49.2 Å². The molecule has 1 N–H and O–H groups in total. The van der Waals surface area contributed by atoms with E-state index in [0.29, 0.717) is 31.6 Å². The van der Waals surface area contributed by atoms with Gasteiger partial charge in [0.25, 0.3) is 0 Å². The van der Waals surface area contributed by atoms with Crippen molar-refractivity contribution in [3.63, 3.8) is 0 Å². The average Bonchev–Trinajstić information content (AvgIpc) is 3.12. The number of amides is 1. The summed E-state index contributed by atoms with van der Waals surface area (Å²) < 4.78 is 39.8. The molecule has 0 aliphatic carbocycles. The summed E-state index contributed by atoms with van der Waals surface area (Å²) in [6, 6.07) is 10.2. The first kappa shape index (κ1) is 18.3. The third-order valence-electron chi connectivity index (χ3n) is 4.92. The number of anilines is 2. The quantitative estimate of drug-likeness (QED) is 0.744. The number of piperidine rings is 1. The Morgan fingerprint density at radius 1 is 1.04 bits per heavy atom. The van der Waals surface area contributed by atoms with E-state index >= 15 is 0 Å². The summed E-state index contributed by atoms with van der Waals surface area (Å²) in [7, 11) is 0. The van der Waals surface area contributed by atoms with E-state index in [0.717, 1.165) is 23.7 Å². The lowest BCUT2D eigenvalue weighted by Crippen LogP contribution is -2.39. The SMILES string of the molecule is O=C(Nc1ccc(C(F)(F)F)cc1)C1CCN(c2nnc3ccccn23)CC1. The minimum atomic E-state index is -4.39. The topological polar surface area (TPSA) is 62.5 Å². The van der Waals surface area contributed by atoms with Gasteiger partial charge >= 0.3 is 6.18 Å². The van der Waals surface area contributed by atoms with Crippen LogP contribution in [0, 0.1) is 5.92 Å². The molecular formula is C19H18F3N5O. The summed E-state index contributed by atoms with van der Waals surface area (Å²) in [5.41, 5.74) is 0.392. The Balaban J connectivity index is 1.36. The van der Waals surface area contributed by atoms with Gasteiger partial charge in [-0.25, -0.2) is 0 Å². The molecule has 2 aromatic heterocycles. The lowest BCUT2D eigenvalue weighted by Gasteiger charge is -2.31. The van der Waals surface area contributed by atoms with Crippen LogP contribution < -0.4 is 10.2 Å². The Hall–Kier alpha value is -3.10. The molecule has 9 heteroatoms. The summed E-state index contributed by atoms with van der Waals surface area (Å²) in [5, 5.41) is 11.1. The normalized spacial score (nSPS) is 15.8. The van der Waals surface area contributed by atoms with Crippen molar-refractivity contribution in [1.82, 2.24) is 14.6 Å². The Morgan fingerprint density at radius 2 is 1.75 bits per heavy atom. The van der Waals surface area contributed by atoms with E-state index in [-0.39, 0.29) is 11.8 Å². The number of nitrogens with one attached hydrogen (secondary N) is 1. The summed E-state index contributed by atoms with van der Waals surface area (Å²) in [6.07, 6.45) is -1.22. The highest BCUT2D eigenvalue weighted by molar-refractivity contribution is 5.92. The first-order valence-electron chi connectivity index (χ1n) is 8.94. The van der Waals surface area contributed by atoms with Gasteiger partial charge in [-0.15, -0.1) is 10.2 Å². The minimum absolute atomic E-state index is 0.175. The zero-order chi connectivity index (χ0) is 19.7. The minimum Gasteiger partial charge on any atom is -0.341 e. The van der Waals surface area contributed by atoms with E-state index in [1.54, 1.807) is 0 Å². The monoisotopic (exact) mass is 389 g/mol. The Labute approximate surface area is 159 Å². The van der Waals surface area contributed by atoms with E-state index in [1.165, 1.54) is 12.1 Å². The number of fused-ring (bicyclic) bond motifs is 1. The summed E-state index contributed by atoms with van der Waals surface area (Å²) in [4.78, 5) is 14.6. The van der Waals surface area contributed by atoms with Crippen molar-refractivity contribution in [3.05, 3.63) is 54.2 Å². The van der Waals surface area contributed by atoms with Crippen molar-refractivity contribution in [3.8, 4) is 0 Å². The number of pyridine rings is 1. The van der Waals surface area contributed by atoms with Crippen LogP contribution in [-0.4, -0.2) is 33.6 Å². The first-order valence-corrected chi connectivity index (χ1v) is 8.94. The molecule has 1 amide bonds. The largest absolute Gasteiger partial charge is 0.416 e. The smallest absolute Gasteiger partial charge is 0.341 e. The molecule has 0 bridgehead atoms. The molecule has 0 radical (unpaired) electrons. The number of alkyl halides is 3. The Bertz CT molecular complexity index is 975. The lowest BCUT2D eigenvalue weighted by atomic mass is 9.96. The van der Waals surface area contributed by atoms with Crippen molar-refractivity contribution in [1.29, 1.82) is 0 Å². The number of hydrogen-bond donors (Lipinski definition) is 1. The van der Waals surface area contributed by atoms with Crippen molar-refractivity contribution in [2.75, 3.05) is 23.3 Å². The van der Waals surface area contributed by atoms with Crippen LogP contribution in [-0.2, 0) is 11.0 Å². The maximum Gasteiger partial charge on any atom is 0.416 e. The fraction of sp³-hybridized carbons (Fsp3) is 0.316. The van der Waals surface area contributed by atoms with Gasteiger partial charge in [-0.2, -0.15) is 13.2 Å². The zero-order valence-electron chi connectivity index (χ0n) is 14.9. The number of carbonyl (C=O) groups excluding carboxylic acids is 1. The molecule has 1 saturated heterocycles. The summed E-state index contributed by atoms with van der Waals surface area (Å²) in [5.74, 6) is 0.375. The number of hydrogen-bond acceptors (Lipinski definition) is 4. The third kappa shape index (κ3) is 3.64. The maximum absolute atomic E-state index is 12.6. The third-order valence-corrected chi connectivity index (χ3v) is 4.92. The molecule has 0 atom stereocenters. The fourth-order valence-electron chi connectivity index (χ4n) is 3.37. The van der Waals surface area contributed by atoms with Crippen molar-refractivity contribution in [2.45, 2.75) is 19.0 Å². The molecule has 28 heavy (non-hydrogen) atoms. The second kappa shape index (κ2) is 7.14. The molecule has 0 spiro atoms. The van der Waals surface area contributed by atoms with E-state index in [2.05, 4.69) is 20.4 Å². The predicted octanol–water partition coefficient (Wildman–Crippen LogP) is 3.60. The van der Waals surface area contributed by atoms with Gasteiger partial charge in [0, 0.05) is 30.9 Å². The van der Waals surface area contributed by atoms with Gasteiger partial charge in [-0.3, -0.25) is 9.20 Å². The molecule has 4 rings (SSSR count). The van der Waals surface area contributed by atoms with Gasteiger partial charge in [0.1, 0.15) is 0 Å². The highest BCUT2D eigenvalue weighted by Crippen LogP contribution is 2.30. The van der Waals surface area contributed by atoms with Crippen molar-refractivity contribution >= 4 is 23.2 Å². The maximum atomic E-state index is 12.6. The molecule has 0 unspecified atom stereocenters. The second-order valence-corrected chi connectivity index (χ2v) is 6.75. The zero-order valence-corrected chi connectivity index (χ0v) is 14.9. The van der Waals surface area contributed by atoms with Crippen LogP contribution in [0.15, 0.2) is 48.7 Å². The molecular weight excluding hydrogens is 371 g/mol. The van der Waals surface area contributed by atoms with Crippen LogP contribution in [0.2, 0.25) is 0 Å². The van der Waals surface area contributed by atoms with Gasteiger partial charge < -0.3 is 10.2 Å². The van der Waals surface area contributed by atoms with Crippen molar-refractivity contribution < 1.29 is 18.0 Å². The number of halogens is 3. The molecule has 3 heterocycles. The van der Waals surface area contributed by atoms with Crippen LogP contribution in [0.1, 0.15) is 18.4 Å². The van der Waals surface area contributed by atoms with E-state index in [4.69, 9.17) is 0 Å². The van der Waals surface area contributed by atoms with Gasteiger partial charge in [-0.1, -0.05) is 6.07 Å². The second-order valence-electron chi connectivity index (χ2n) is 6.75. The Morgan fingerprint density at radius 3 is 2.43 bits per heavy atom. The van der Waals surface area contributed by atoms with Gasteiger partial charge in [0.15, 0.2) is 5.65 Å². The highest BCUT2D eigenvalue weighted by atomic mass is 19.4. The highest BCUT2D eigenvalue weighted by Gasteiger charge is 2.30. The van der Waals surface area contributed by atoms with Crippen LogP contribution in [0.25, 0.3) is 5.65 Å². The molecule has 3 aromatic rings. The molecule has 1 aliphatic rings. The van der Waals surface area contributed by atoms with Crippen LogP contribution in [0.5, 0.6) is 0 Å². The van der Waals surface area contributed by atoms with E-state index in [9.17, 15) is 18.0 Å². The van der Waals surface area contributed by atoms with Gasteiger partial charge in [0.2, 0.25) is 11.9 Å². The summed E-state index contributed by atoms with van der Waals surface area (Å²) in [6.45, 7) is 1.31. The van der Waals surface area contributed by atoms with E-state index < -0.39 is 11.7 Å². The average molecular weight is 389 g/mol. The summed E-state index contributed by atoms with van der Waals surface area (Å²) >= 11 is 0. The van der Waals surface area contributed by atoms with Gasteiger partial charge in [0.05, 0.1) is 5.56 Å². The number of aromatic nitrogens is 3. The number of benzene rings is 1. The van der Waals surface area contributed by atoms with Crippen LogP contribution in [0.4, 0.5) is 24.8 Å². The molecule has 1 fully saturated rings. The molecule has 1 aliphatic heterocycles. The lowest BCUT2D eigenvalue weighted by molar-refractivity contribution is -0.137. The molecule has 146 valence electrons. The number of rotatable bonds is 3.